The van der Waals surface area contributed by atoms with Crippen LogP contribution in [0.25, 0.3) is 0 Å². The van der Waals surface area contributed by atoms with Crippen LogP contribution < -0.4 is 5.32 Å². The molecular formula is C16H25NO3. The van der Waals surface area contributed by atoms with Gasteiger partial charge in [0.25, 0.3) is 0 Å². The maximum atomic E-state index is 12.5. The first-order valence-electron chi connectivity index (χ1n) is 8.19. The van der Waals surface area contributed by atoms with Gasteiger partial charge in [-0.05, 0) is 37.5 Å². The lowest BCUT2D eigenvalue weighted by Gasteiger charge is -2.29. The van der Waals surface area contributed by atoms with E-state index in [2.05, 4.69) is 5.32 Å². The van der Waals surface area contributed by atoms with Crippen molar-refractivity contribution in [3.63, 3.8) is 0 Å². The molecule has 3 aliphatic carbocycles. The first-order valence-corrected chi connectivity index (χ1v) is 8.19. The minimum Gasteiger partial charge on any atom is -0.480 e. The van der Waals surface area contributed by atoms with E-state index < -0.39 is 11.5 Å². The van der Waals surface area contributed by atoms with Gasteiger partial charge in [-0.15, -0.1) is 0 Å². The van der Waals surface area contributed by atoms with E-state index >= 15 is 0 Å². The summed E-state index contributed by atoms with van der Waals surface area (Å²) in [4.78, 5) is 24.2. The van der Waals surface area contributed by atoms with Gasteiger partial charge >= 0.3 is 5.97 Å². The number of carboxylic acids is 1. The van der Waals surface area contributed by atoms with Gasteiger partial charge in [-0.2, -0.15) is 0 Å². The number of carbonyl (C=O) groups is 2. The van der Waals surface area contributed by atoms with Crippen LogP contribution in [-0.2, 0) is 9.59 Å². The second-order valence-corrected chi connectivity index (χ2v) is 6.93. The summed E-state index contributed by atoms with van der Waals surface area (Å²) in [6.45, 7) is 0. The fourth-order valence-corrected chi connectivity index (χ4v) is 4.42. The Morgan fingerprint density at radius 3 is 1.95 bits per heavy atom. The Kier molecular flexibility index (Phi) is 3.74. The van der Waals surface area contributed by atoms with E-state index in [9.17, 15) is 14.7 Å². The van der Waals surface area contributed by atoms with Gasteiger partial charge < -0.3 is 10.4 Å². The maximum absolute atomic E-state index is 12.5. The Labute approximate surface area is 120 Å². The molecule has 3 aliphatic rings. The molecule has 2 atom stereocenters. The number of nitrogens with one attached hydrogen (secondary N) is 1. The van der Waals surface area contributed by atoms with E-state index in [0.29, 0.717) is 24.7 Å². The number of carbonyl (C=O) groups excluding carboxylic acids is 1. The van der Waals surface area contributed by atoms with Crippen LogP contribution in [-0.4, -0.2) is 22.5 Å². The third kappa shape index (κ3) is 2.45. The molecule has 3 saturated carbocycles. The standard InChI is InChI=1S/C16H25NO3/c18-14(13-11-7-3-4-8-12(11)13)17-16(15(19)20)9-5-1-2-6-10-16/h11-13H,1-10H2,(H,17,18)(H,19,20). The normalized spacial score (nSPS) is 35.5. The van der Waals surface area contributed by atoms with E-state index in [1.807, 2.05) is 0 Å². The summed E-state index contributed by atoms with van der Waals surface area (Å²) in [5.41, 5.74) is -0.987. The first kappa shape index (κ1) is 13.9. The fraction of sp³-hybridized carbons (Fsp3) is 0.875. The van der Waals surface area contributed by atoms with Crippen molar-refractivity contribution in [2.24, 2.45) is 17.8 Å². The molecule has 3 rings (SSSR count). The SMILES string of the molecule is O=C(NC1(C(=O)O)CCCCCC1)C1C2CCCCC21. The Morgan fingerprint density at radius 1 is 0.900 bits per heavy atom. The zero-order valence-corrected chi connectivity index (χ0v) is 12.1. The molecule has 112 valence electrons. The highest BCUT2D eigenvalue weighted by molar-refractivity contribution is 5.89. The molecule has 0 aromatic heterocycles. The Morgan fingerprint density at radius 2 is 1.45 bits per heavy atom. The third-order valence-corrected chi connectivity index (χ3v) is 5.69. The second kappa shape index (κ2) is 5.38. The van der Waals surface area contributed by atoms with Gasteiger partial charge in [-0.25, -0.2) is 4.79 Å². The molecule has 4 nitrogen and oxygen atoms in total. The zero-order chi connectivity index (χ0) is 14.2. The van der Waals surface area contributed by atoms with Gasteiger partial charge in [0.15, 0.2) is 0 Å². The average molecular weight is 279 g/mol. The van der Waals surface area contributed by atoms with Crippen LogP contribution in [0.3, 0.4) is 0 Å². The van der Waals surface area contributed by atoms with Crippen LogP contribution in [0.15, 0.2) is 0 Å². The third-order valence-electron chi connectivity index (χ3n) is 5.69. The molecule has 0 saturated heterocycles. The van der Waals surface area contributed by atoms with Crippen molar-refractivity contribution >= 4 is 11.9 Å². The molecule has 3 fully saturated rings. The Hall–Kier alpha value is -1.06. The minimum atomic E-state index is -0.987. The van der Waals surface area contributed by atoms with Crippen LogP contribution in [0, 0.1) is 17.8 Å². The topological polar surface area (TPSA) is 66.4 Å². The van der Waals surface area contributed by atoms with E-state index in [-0.39, 0.29) is 11.8 Å². The number of hydrogen-bond donors (Lipinski definition) is 2. The molecule has 0 radical (unpaired) electrons. The lowest BCUT2D eigenvalue weighted by atomic mass is 9.90. The van der Waals surface area contributed by atoms with Crippen molar-refractivity contribution in [2.45, 2.75) is 69.7 Å². The number of carboxylic acid groups (broad SMARTS) is 1. The van der Waals surface area contributed by atoms with Crippen LogP contribution >= 0.6 is 0 Å². The summed E-state index contributed by atoms with van der Waals surface area (Å²) >= 11 is 0. The van der Waals surface area contributed by atoms with Gasteiger partial charge in [-0.1, -0.05) is 38.5 Å². The molecule has 1 amide bonds. The molecule has 4 heteroatoms. The largest absolute Gasteiger partial charge is 0.480 e. The van der Waals surface area contributed by atoms with Crippen molar-refractivity contribution in [1.29, 1.82) is 0 Å². The van der Waals surface area contributed by atoms with Crippen molar-refractivity contribution in [3.8, 4) is 0 Å². The monoisotopic (exact) mass is 279 g/mol. The number of aliphatic carboxylic acids is 1. The molecule has 0 aromatic rings. The Bertz CT molecular complexity index is 387. The molecule has 0 aromatic carbocycles. The van der Waals surface area contributed by atoms with Gasteiger partial charge in [0.05, 0.1) is 0 Å². The van der Waals surface area contributed by atoms with Gasteiger partial charge in [0.2, 0.25) is 5.91 Å². The van der Waals surface area contributed by atoms with E-state index in [1.165, 1.54) is 12.8 Å². The summed E-state index contributed by atoms with van der Waals surface area (Å²) in [6, 6.07) is 0. The van der Waals surface area contributed by atoms with E-state index in [0.717, 1.165) is 38.5 Å². The van der Waals surface area contributed by atoms with Crippen LogP contribution in [0.2, 0.25) is 0 Å². The molecule has 0 spiro atoms. The number of fused-ring (bicyclic) bond motifs is 1. The lowest BCUT2D eigenvalue weighted by molar-refractivity contribution is -0.148. The smallest absolute Gasteiger partial charge is 0.329 e. The first-order chi connectivity index (χ1) is 9.64. The van der Waals surface area contributed by atoms with Crippen molar-refractivity contribution in [2.75, 3.05) is 0 Å². The molecule has 2 unspecified atom stereocenters. The molecule has 0 heterocycles. The van der Waals surface area contributed by atoms with Crippen molar-refractivity contribution < 1.29 is 14.7 Å². The van der Waals surface area contributed by atoms with E-state index in [1.54, 1.807) is 0 Å². The highest BCUT2D eigenvalue weighted by atomic mass is 16.4. The van der Waals surface area contributed by atoms with Crippen molar-refractivity contribution in [1.82, 2.24) is 5.32 Å². The minimum absolute atomic E-state index is 0.0196. The van der Waals surface area contributed by atoms with Crippen LogP contribution in [0.1, 0.15) is 64.2 Å². The quantitative estimate of drug-likeness (QED) is 0.781. The summed E-state index contributed by atoms with van der Waals surface area (Å²) in [5, 5.41) is 12.6. The summed E-state index contributed by atoms with van der Waals surface area (Å²) in [6.07, 6.45) is 9.94. The second-order valence-electron chi connectivity index (χ2n) is 6.93. The van der Waals surface area contributed by atoms with E-state index in [4.69, 9.17) is 0 Å². The highest BCUT2D eigenvalue weighted by Gasteiger charge is 2.56. The predicted octanol–water partition coefficient (Wildman–Crippen LogP) is 2.72. The van der Waals surface area contributed by atoms with Gasteiger partial charge in [0.1, 0.15) is 5.54 Å². The van der Waals surface area contributed by atoms with Crippen LogP contribution in [0.5, 0.6) is 0 Å². The molecule has 0 aliphatic heterocycles. The molecule has 0 bridgehead atoms. The zero-order valence-electron chi connectivity index (χ0n) is 12.1. The number of hydrogen-bond acceptors (Lipinski definition) is 2. The number of amides is 1. The molecular weight excluding hydrogens is 254 g/mol. The van der Waals surface area contributed by atoms with Crippen LogP contribution in [0.4, 0.5) is 0 Å². The molecule has 20 heavy (non-hydrogen) atoms. The van der Waals surface area contributed by atoms with Crippen molar-refractivity contribution in [3.05, 3.63) is 0 Å². The molecule has 2 N–H and O–H groups in total. The summed E-state index contributed by atoms with van der Waals surface area (Å²) < 4.78 is 0. The Balaban J connectivity index is 1.67. The summed E-state index contributed by atoms with van der Waals surface area (Å²) in [7, 11) is 0. The maximum Gasteiger partial charge on any atom is 0.329 e. The lowest BCUT2D eigenvalue weighted by Crippen LogP contribution is -2.54. The van der Waals surface area contributed by atoms with Gasteiger partial charge in [0, 0.05) is 5.92 Å². The number of rotatable bonds is 3. The average Bonchev–Trinajstić information content (AvgIpc) is 3.18. The predicted molar refractivity (Wildman–Crippen MR) is 75.1 cm³/mol. The summed E-state index contributed by atoms with van der Waals surface area (Å²) in [5.74, 6) is 0.375. The highest BCUT2D eigenvalue weighted by Crippen LogP contribution is 2.55. The fourth-order valence-electron chi connectivity index (χ4n) is 4.42. The van der Waals surface area contributed by atoms with Gasteiger partial charge in [-0.3, -0.25) is 4.79 Å².